The Hall–Kier alpha value is -2.40. The average molecular weight is 358 g/mol. The predicted molar refractivity (Wildman–Crippen MR) is 87.6 cm³/mol. The molecule has 2 aromatic carbocycles. The van der Waals surface area contributed by atoms with Crippen LogP contribution in [0, 0.1) is 0 Å². The SMILES string of the molecule is C=C(C)C(=O)Oc1cc(-c2nc3ccccc3o2)ccc1Br. The van der Waals surface area contributed by atoms with E-state index in [0.717, 1.165) is 11.1 Å². The van der Waals surface area contributed by atoms with Crippen molar-refractivity contribution < 1.29 is 13.9 Å². The van der Waals surface area contributed by atoms with Gasteiger partial charge in [-0.15, -0.1) is 0 Å². The van der Waals surface area contributed by atoms with Crippen LogP contribution in [0.2, 0.25) is 0 Å². The molecule has 0 aliphatic heterocycles. The summed E-state index contributed by atoms with van der Waals surface area (Å²) in [5, 5.41) is 0. The fourth-order valence-corrected chi connectivity index (χ4v) is 2.22. The van der Waals surface area contributed by atoms with Crippen LogP contribution in [-0.4, -0.2) is 11.0 Å². The highest BCUT2D eigenvalue weighted by Gasteiger charge is 2.13. The number of carbonyl (C=O) groups is 1. The molecule has 5 heteroatoms. The standard InChI is InChI=1S/C17H12BrNO3/c1-10(2)17(20)22-15-9-11(7-8-12(15)18)16-19-13-5-3-4-6-14(13)21-16/h3-9H,1H2,2H3. The van der Waals surface area contributed by atoms with Crippen LogP contribution >= 0.6 is 15.9 Å². The molecule has 0 spiro atoms. The Labute approximate surface area is 135 Å². The maximum absolute atomic E-state index is 11.7. The fraction of sp³-hybridized carbons (Fsp3) is 0.0588. The second-order valence-corrected chi connectivity index (χ2v) is 5.66. The van der Waals surface area contributed by atoms with Crippen molar-refractivity contribution >= 4 is 33.0 Å². The topological polar surface area (TPSA) is 52.3 Å². The molecule has 3 rings (SSSR count). The van der Waals surface area contributed by atoms with Crippen molar-refractivity contribution in [2.75, 3.05) is 0 Å². The first-order valence-electron chi connectivity index (χ1n) is 6.58. The van der Waals surface area contributed by atoms with E-state index in [0.29, 0.717) is 27.3 Å². The number of ether oxygens (including phenoxy) is 1. The maximum atomic E-state index is 11.7. The Morgan fingerprint density at radius 2 is 2.05 bits per heavy atom. The number of esters is 1. The van der Waals surface area contributed by atoms with Gasteiger partial charge < -0.3 is 9.15 Å². The lowest BCUT2D eigenvalue weighted by molar-refractivity contribution is -0.130. The van der Waals surface area contributed by atoms with Gasteiger partial charge in [0.2, 0.25) is 5.89 Å². The normalized spacial score (nSPS) is 10.6. The first kappa shape index (κ1) is 14.5. The molecule has 0 radical (unpaired) electrons. The molecule has 0 N–H and O–H groups in total. The molecular formula is C17H12BrNO3. The largest absolute Gasteiger partial charge is 0.436 e. The first-order valence-corrected chi connectivity index (χ1v) is 7.37. The van der Waals surface area contributed by atoms with Crippen LogP contribution < -0.4 is 4.74 Å². The molecule has 1 heterocycles. The Kier molecular flexibility index (Phi) is 3.81. The maximum Gasteiger partial charge on any atom is 0.338 e. The van der Waals surface area contributed by atoms with Gasteiger partial charge in [-0.25, -0.2) is 9.78 Å². The van der Waals surface area contributed by atoms with E-state index in [-0.39, 0.29) is 0 Å². The minimum absolute atomic E-state index is 0.333. The van der Waals surface area contributed by atoms with Crippen molar-refractivity contribution in [1.82, 2.24) is 4.98 Å². The third-order valence-corrected chi connectivity index (χ3v) is 3.68. The molecule has 0 unspecified atom stereocenters. The summed E-state index contributed by atoms with van der Waals surface area (Å²) >= 11 is 3.36. The van der Waals surface area contributed by atoms with E-state index in [2.05, 4.69) is 27.5 Å². The van der Waals surface area contributed by atoms with Crippen molar-refractivity contribution in [3.05, 3.63) is 59.1 Å². The van der Waals surface area contributed by atoms with E-state index in [1.54, 1.807) is 19.1 Å². The molecule has 0 bridgehead atoms. The molecule has 0 aliphatic carbocycles. The van der Waals surface area contributed by atoms with Gasteiger partial charge in [0.1, 0.15) is 11.3 Å². The van der Waals surface area contributed by atoms with Gasteiger partial charge in [-0.3, -0.25) is 0 Å². The van der Waals surface area contributed by atoms with Crippen LogP contribution in [0.15, 0.2) is 63.5 Å². The highest BCUT2D eigenvalue weighted by molar-refractivity contribution is 9.10. The number of para-hydroxylation sites is 2. The number of benzene rings is 2. The predicted octanol–water partition coefficient (Wildman–Crippen LogP) is 4.74. The zero-order chi connectivity index (χ0) is 15.7. The van der Waals surface area contributed by atoms with E-state index < -0.39 is 5.97 Å². The van der Waals surface area contributed by atoms with Gasteiger partial charge in [0.15, 0.2) is 5.58 Å². The summed E-state index contributed by atoms with van der Waals surface area (Å²) in [5.74, 6) is 0.393. The smallest absolute Gasteiger partial charge is 0.338 e. The summed E-state index contributed by atoms with van der Waals surface area (Å²) in [4.78, 5) is 16.1. The summed E-state index contributed by atoms with van der Waals surface area (Å²) in [6, 6.07) is 12.8. The summed E-state index contributed by atoms with van der Waals surface area (Å²) in [6.45, 7) is 5.17. The Morgan fingerprint density at radius 1 is 1.27 bits per heavy atom. The number of nitrogens with zero attached hydrogens (tertiary/aromatic N) is 1. The number of carbonyl (C=O) groups excluding carboxylic acids is 1. The molecule has 0 amide bonds. The van der Waals surface area contributed by atoms with E-state index in [1.807, 2.05) is 30.3 Å². The van der Waals surface area contributed by atoms with Crippen LogP contribution in [0.1, 0.15) is 6.92 Å². The van der Waals surface area contributed by atoms with Gasteiger partial charge in [-0.1, -0.05) is 18.7 Å². The third kappa shape index (κ3) is 2.80. The van der Waals surface area contributed by atoms with Crippen LogP contribution in [0.3, 0.4) is 0 Å². The highest BCUT2D eigenvalue weighted by Crippen LogP contribution is 2.32. The van der Waals surface area contributed by atoms with E-state index in [9.17, 15) is 4.79 Å². The summed E-state index contributed by atoms with van der Waals surface area (Å²) in [5.41, 5.74) is 2.55. The molecular weight excluding hydrogens is 346 g/mol. The van der Waals surface area contributed by atoms with E-state index >= 15 is 0 Å². The molecule has 0 atom stereocenters. The van der Waals surface area contributed by atoms with Crippen molar-refractivity contribution in [3.8, 4) is 17.2 Å². The molecule has 0 saturated carbocycles. The first-order chi connectivity index (χ1) is 10.5. The number of hydrogen-bond donors (Lipinski definition) is 0. The molecule has 0 aliphatic rings. The van der Waals surface area contributed by atoms with Crippen LogP contribution in [0.25, 0.3) is 22.6 Å². The van der Waals surface area contributed by atoms with E-state index in [1.165, 1.54) is 0 Å². The summed E-state index contributed by atoms with van der Waals surface area (Å²) in [7, 11) is 0. The van der Waals surface area contributed by atoms with Crippen molar-refractivity contribution in [1.29, 1.82) is 0 Å². The van der Waals surface area contributed by atoms with Crippen molar-refractivity contribution in [2.24, 2.45) is 0 Å². The lowest BCUT2D eigenvalue weighted by Gasteiger charge is -2.07. The number of oxazole rings is 1. The van der Waals surface area contributed by atoms with E-state index in [4.69, 9.17) is 9.15 Å². The molecule has 0 fully saturated rings. The Bertz CT molecular complexity index is 849. The lowest BCUT2D eigenvalue weighted by atomic mass is 10.2. The van der Waals surface area contributed by atoms with Crippen LogP contribution in [0.5, 0.6) is 5.75 Å². The minimum Gasteiger partial charge on any atom is -0.436 e. The Balaban J connectivity index is 2.00. The molecule has 3 aromatic rings. The quantitative estimate of drug-likeness (QED) is 0.386. The van der Waals surface area contributed by atoms with Crippen molar-refractivity contribution in [2.45, 2.75) is 6.92 Å². The Morgan fingerprint density at radius 3 is 2.77 bits per heavy atom. The zero-order valence-electron chi connectivity index (χ0n) is 11.8. The van der Waals surface area contributed by atoms with Gasteiger partial charge in [-0.2, -0.15) is 0 Å². The van der Waals surface area contributed by atoms with Crippen molar-refractivity contribution in [3.63, 3.8) is 0 Å². The number of fused-ring (bicyclic) bond motifs is 1. The summed E-state index contributed by atoms with van der Waals surface area (Å²) in [6.07, 6.45) is 0. The highest BCUT2D eigenvalue weighted by atomic mass is 79.9. The molecule has 22 heavy (non-hydrogen) atoms. The van der Waals surface area contributed by atoms with Gasteiger partial charge in [0.05, 0.1) is 4.47 Å². The molecule has 4 nitrogen and oxygen atoms in total. The molecule has 110 valence electrons. The minimum atomic E-state index is -0.476. The third-order valence-electron chi connectivity index (χ3n) is 3.02. The monoisotopic (exact) mass is 357 g/mol. The zero-order valence-corrected chi connectivity index (χ0v) is 13.4. The van der Waals surface area contributed by atoms with Gasteiger partial charge in [-0.05, 0) is 53.2 Å². The average Bonchev–Trinajstić information content (AvgIpc) is 2.93. The van der Waals surface area contributed by atoms with Gasteiger partial charge in [0.25, 0.3) is 0 Å². The second kappa shape index (κ2) is 5.77. The van der Waals surface area contributed by atoms with Gasteiger partial charge >= 0.3 is 5.97 Å². The van der Waals surface area contributed by atoms with Crippen LogP contribution in [-0.2, 0) is 4.79 Å². The molecule has 1 aromatic heterocycles. The second-order valence-electron chi connectivity index (χ2n) is 4.80. The molecule has 0 saturated heterocycles. The number of rotatable bonds is 3. The number of aromatic nitrogens is 1. The van der Waals surface area contributed by atoms with Gasteiger partial charge in [0, 0.05) is 11.1 Å². The fourth-order valence-electron chi connectivity index (χ4n) is 1.90. The van der Waals surface area contributed by atoms with Crippen LogP contribution in [0.4, 0.5) is 0 Å². The number of hydrogen-bond acceptors (Lipinski definition) is 4. The lowest BCUT2D eigenvalue weighted by Crippen LogP contribution is -2.08. The summed E-state index contributed by atoms with van der Waals surface area (Å²) < 4.78 is 11.7. The number of halogens is 1.